The molecule has 9 heteroatoms. The fourth-order valence-corrected chi connectivity index (χ4v) is 3.65. The van der Waals surface area contributed by atoms with Gasteiger partial charge in [0.15, 0.2) is 0 Å². The molecular weight excluding hydrogens is 533 g/mol. The number of halogens is 6. The minimum absolute atomic E-state index is 0.0503. The lowest BCUT2D eigenvalue weighted by atomic mass is 10.1. The molecule has 3 nitrogen and oxygen atoms in total. The van der Waals surface area contributed by atoms with Crippen molar-refractivity contribution in [1.82, 2.24) is 5.32 Å². The van der Waals surface area contributed by atoms with E-state index < -0.39 is 23.5 Å². The molecule has 0 aliphatic heterocycles. The van der Waals surface area contributed by atoms with E-state index in [4.69, 9.17) is 5.11 Å². The Morgan fingerprint density at radius 2 is 1.71 bits per heavy atom. The van der Waals surface area contributed by atoms with Crippen molar-refractivity contribution in [1.29, 1.82) is 0 Å². The molecule has 0 spiro atoms. The first kappa shape index (κ1) is 26.8. The molecule has 186 valence electrons. The SMILES string of the molecule is Fc1cc(CNCCc2cccc(C(F)(F)F)c2)ccc1C1CC1.O=C(O)c1ccc(Br)c(F)c1. The van der Waals surface area contributed by atoms with Crippen molar-refractivity contribution in [2.45, 2.75) is 37.9 Å². The number of carbonyl (C=O) groups is 1. The summed E-state index contributed by atoms with van der Waals surface area (Å²) < 4.78 is 64.8. The summed E-state index contributed by atoms with van der Waals surface area (Å²) >= 11 is 2.91. The minimum Gasteiger partial charge on any atom is -0.478 e. The summed E-state index contributed by atoms with van der Waals surface area (Å²) in [7, 11) is 0. The maximum Gasteiger partial charge on any atom is 0.416 e. The summed E-state index contributed by atoms with van der Waals surface area (Å²) in [5.41, 5.74) is 1.60. The first-order valence-electron chi connectivity index (χ1n) is 10.9. The van der Waals surface area contributed by atoms with Crippen LogP contribution < -0.4 is 5.32 Å². The number of benzene rings is 3. The Bertz CT molecular complexity index is 1180. The second-order valence-corrected chi connectivity index (χ2v) is 9.04. The van der Waals surface area contributed by atoms with E-state index in [1.807, 2.05) is 12.1 Å². The summed E-state index contributed by atoms with van der Waals surface area (Å²) in [6.07, 6.45) is -1.70. The third kappa shape index (κ3) is 8.14. The van der Waals surface area contributed by atoms with Crippen molar-refractivity contribution < 1.29 is 31.9 Å². The van der Waals surface area contributed by atoms with Crippen LogP contribution >= 0.6 is 15.9 Å². The molecule has 0 heterocycles. The molecule has 0 unspecified atom stereocenters. The molecule has 4 rings (SSSR count). The van der Waals surface area contributed by atoms with Crippen molar-refractivity contribution in [2.24, 2.45) is 0 Å². The molecule has 35 heavy (non-hydrogen) atoms. The van der Waals surface area contributed by atoms with Gasteiger partial charge in [-0.05, 0) is 94.7 Å². The number of rotatable bonds is 7. The van der Waals surface area contributed by atoms with Gasteiger partial charge in [-0.1, -0.05) is 30.3 Å². The van der Waals surface area contributed by atoms with Crippen LogP contribution in [0.15, 0.2) is 65.1 Å². The molecule has 1 saturated carbocycles. The van der Waals surface area contributed by atoms with Crippen LogP contribution in [0.25, 0.3) is 0 Å². The van der Waals surface area contributed by atoms with E-state index in [0.29, 0.717) is 31.0 Å². The van der Waals surface area contributed by atoms with Crippen LogP contribution in [0.5, 0.6) is 0 Å². The number of aromatic carboxylic acids is 1. The van der Waals surface area contributed by atoms with Gasteiger partial charge in [-0.15, -0.1) is 0 Å². The topological polar surface area (TPSA) is 49.3 Å². The maximum absolute atomic E-state index is 13.9. The number of carboxylic acid groups (broad SMARTS) is 1. The maximum atomic E-state index is 13.9. The van der Waals surface area contributed by atoms with Crippen LogP contribution in [-0.4, -0.2) is 17.6 Å². The lowest BCUT2D eigenvalue weighted by Gasteiger charge is -2.10. The van der Waals surface area contributed by atoms with Crippen molar-refractivity contribution in [3.8, 4) is 0 Å². The number of hydrogen-bond donors (Lipinski definition) is 2. The summed E-state index contributed by atoms with van der Waals surface area (Å²) in [6, 6.07) is 14.3. The zero-order valence-electron chi connectivity index (χ0n) is 18.5. The first-order valence-corrected chi connectivity index (χ1v) is 11.7. The molecule has 3 aromatic rings. The van der Waals surface area contributed by atoms with Gasteiger partial charge in [0.1, 0.15) is 11.6 Å². The van der Waals surface area contributed by atoms with E-state index in [2.05, 4.69) is 21.2 Å². The first-order chi connectivity index (χ1) is 16.5. The van der Waals surface area contributed by atoms with Crippen LogP contribution in [0, 0.1) is 11.6 Å². The highest BCUT2D eigenvalue weighted by Gasteiger charge is 2.30. The van der Waals surface area contributed by atoms with Crippen molar-refractivity contribution >= 4 is 21.9 Å². The zero-order valence-corrected chi connectivity index (χ0v) is 20.1. The van der Waals surface area contributed by atoms with Gasteiger partial charge in [0.25, 0.3) is 0 Å². The third-order valence-electron chi connectivity index (χ3n) is 5.42. The van der Waals surface area contributed by atoms with Gasteiger partial charge >= 0.3 is 12.1 Å². The summed E-state index contributed by atoms with van der Waals surface area (Å²) in [5, 5.41) is 11.6. The Balaban J connectivity index is 0.000000261. The fourth-order valence-electron chi connectivity index (χ4n) is 3.40. The summed E-state index contributed by atoms with van der Waals surface area (Å²) in [6.45, 7) is 1.04. The Labute approximate surface area is 208 Å². The monoisotopic (exact) mass is 555 g/mol. The van der Waals surface area contributed by atoms with Crippen LogP contribution in [0.4, 0.5) is 22.0 Å². The lowest BCUT2D eigenvalue weighted by Crippen LogP contribution is -2.17. The highest BCUT2D eigenvalue weighted by atomic mass is 79.9. The highest BCUT2D eigenvalue weighted by molar-refractivity contribution is 9.10. The highest BCUT2D eigenvalue weighted by Crippen LogP contribution is 2.41. The predicted molar refractivity (Wildman–Crippen MR) is 126 cm³/mol. The van der Waals surface area contributed by atoms with Crippen LogP contribution in [0.1, 0.15) is 51.4 Å². The van der Waals surface area contributed by atoms with Gasteiger partial charge in [0, 0.05) is 6.54 Å². The average Bonchev–Trinajstić information content (AvgIpc) is 3.64. The normalized spacial score (nSPS) is 13.2. The molecule has 1 fully saturated rings. The van der Waals surface area contributed by atoms with Gasteiger partial charge in [-0.2, -0.15) is 13.2 Å². The molecule has 0 radical (unpaired) electrons. The molecule has 0 saturated heterocycles. The molecule has 0 amide bonds. The quantitative estimate of drug-likeness (QED) is 0.237. The van der Waals surface area contributed by atoms with Crippen molar-refractivity contribution in [3.63, 3.8) is 0 Å². The van der Waals surface area contributed by atoms with E-state index in [-0.39, 0.29) is 15.9 Å². The van der Waals surface area contributed by atoms with Gasteiger partial charge in [0.2, 0.25) is 0 Å². The standard InChI is InChI=1S/C19H19F4N.C7H4BrFO2/c20-18-11-14(4-7-17(18)15-5-6-15)12-24-9-8-13-2-1-3-16(10-13)19(21,22)23;8-5-2-1-4(7(10)11)3-6(5)9/h1-4,7,10-11,15,24H,5-6,8-9,12H2;1-3H,(H,10,11). The summed E-state index contributed by atoms with van der Waals surface area (Å²) in [4.78, 5) is 10.3. The van der Waals surface area contributed by atoms with Gasteiger partial charge in [-0.25, -0.2) is 13.6 Å². The molecule has 1 aliphatic carbocycles. The van der Waals surface area contributed by atoms with Gasteiger partial charge < -0.3 is 10.4 Å². The molecular formula is C26H23BrF5NO2. The zero-order chi connectivity index (χ0) is 25.6. The van der Waals surface area contributed by atoms with E-state index in [1.165, 1.54) is 24.3 Å². The van der Waals surface area contributed by atoms with Crippen LogP contribution in [0.3, 0.4) is 0 Å². The largest absolute Gasteiger partial charge is 0.478 e. The summed E-state index contributed by atoms with van der Waals surface area (Å²) in [5.74, 6) is -1.47. The molecule has 2 N–H and O–H groups in total. The minimum atomic E-state index is -4.32. The van der Waals surface area contributed by atoms with Crippen LogP contribution in [0.2, 0.25) is 0 Å². The van der Waals surface area contributed by atoms with E-state index in [0.717, 1.165) is 36.1 Å². The van der Waals surface area contributed by atoms with E-state index in [1.54, 1.807) is 12.1 Å². The Morgan fingerprint density at radius 1 is 0.971 bits per heavy atom. The van der Waals surface area contributed by atoms with Crippen molar-refractivity contribution in [2.75, 3.05) is 6.54 Å². The van der Waals surface area contributed by atoms with Crippen molar-refractivity contribution in [3.05, 3.63) is 105 Å². The number of nitrogens with one attached hydrogen (secondary N) is 1. The molecule has 0 atom stereocenters. The lowest BCUT2D eigenvalue weighted by molar-refractivity contribution is -0.137. The van der Waals surface area contributed by atoms with Gasteiger partial charge in [0.05, 0.1) is 15.6 Å². The van der Waals surface area contributed by atoms with Crippen LogP contribution in [-0.2, 0) is 19.1 Å². The third-order valence-corrected chi connectivity index (χ3v) is 6.07. The second-order valence-electron chi connectivity index (χ2n) is 8.19. The predicted octanol–water partition coefficient (Wildman–Crippen LogP) is 7.34. The Morgan fingerprint density at radius 3 is 2.31 bits per heavy atom. The fraction of sp³-hybridized carbons (Fsp3) is 0.269. The smallest absolute Gasteiger partial charge is 0.416 e. The van der Waals surface area contributed by atoms with E-state index >= 15 is 0 Å². The second kappa shape index (κ2) is 11.8. The number of alkyl halides is 3. The van der Waals surface area contributed by atoms with Gasteiger partial charge in [-0.3, -0.25) is 0 Å². The molecule has 0 bridgehead atoms. The molecule has 1 aliphatic rings. The Hall–Kier alpha value is -2.78. The Kier molecular flexibility index (Phi) is 9.02. The molecule has 3 aromatic carbocycles. The number of hydrogen-bond acceptors (Lipinski definition) is 2. The molecule has 0 aromatic heterocycles. The number of carboxylic acids is 1. The average molecular weight is 556 g/mol. The van der Waals surface area contributed by atoms with E-state index in [9.17, 15) is 26.7 Å².